The van der Waals surface area contributed by atoms with Gasteiger partial charge >= 0.3 is 0 Å². The zero-order chi connectivity index (χ0) is 17.3. The quantitative estimate of drug-likeness (QED) is 0.628. The van der Waals surface area contributed by atoms with Crippen LogP contribution in [-0.2, 0) is 13.2 Å². The predicted molar refractivity (Wildman–Crippen MR) is 99.7 cm³/mol. The summed E-state index contributed by atoms with van der Waals surface area (Å²) in [5.41, 5.74) is 2.97. The number of benzene rings is 3. The summed E-state index contributed by atoms with van der Waals surface area (Å²) >= 11 is 0. The molecule has 0 amide bonds. The van der Waals surface area contributed by atoms with Crippen molar-refractivity contribution in [2.24, 2.45) is 0 Å². The van der Waals surface area contributed by atoms with Gasteiger partial charge in [0.2, 0.25) is 0 Å². The zero-order valence-corrected chi connectivity index (χ0v) is 14.0. The minimum atomic E-state index is 0.0746. The zero-order valence-electron chi connectivity index (χ0n) is 14.0. The average Bonchev–Trinajstić information content (AvgIpc) is 2.68. The van der Waals surface area contributed by atoms with Crippen molar-refractivity contribution in [2.45, 2.75) is 13.2 Å². The molecule has 25 heavy (non-hydrogen) atoms. The van der Waals surface area contributed by atoms with Crippen molar-refractivity contribution < 1.29 is 9.53 Å². The van der Waals surface area contributed by atoms with E-state index < -0.39 is 0 Å². The maximum Gasteiger partial charge on any atom is 0.176 e. The highest BCUT2D eigenvalue weighted by molar-refractivity contribution is 5.97. The topological polar surface area (TPSA) is 38.3 Å². The van der Waals surface area contributed by atoms with Crippen LogP contribution in [-0.4, -0.2) is 12.3 Å². The van der Waals surface area contributed by atoms with Crippen LogP contribution in [0.4, 0.5) is 0 Å². The molecule has 0 radical (unpaired) electrons. The second kappa shape index (κ2) is 8.81. The Hall–Kier alpha value is -2.91. The molecule has 3 aromatic rings. The van der Waals surface area contributed by atoms with Gasteiger partial charge in [0.1, 0.15) is 12.4 Å². The number of hydrogen-bond acceptors (Lipinski definition) is 3. The molecule has 0 aliphatic heterocycles. The van der Waals surface area contributed by atoms with Crippen LogP contribution in [0.5, 0.6) is 5.75 Å². The van der Waals surface area contributed by atoms with Gasteiger partial charge in [0, 0.05) is 12.1 Å². The minimum Gasteiger partial charge on any atom is -0.489 e. The third kappa shape index (κ3) is 5.30. The molecular formula is C22H21NO2. The molecule has 0 heterocycles. The average molecular weight is 331 g/mol. The fourth-order valence-corrected chi connectivity index (χ4v) is 2.50. The van der Waals surface area contributed by atoms with E-state index in [1.54, 1.807) is 0 Å². The number of ketones is 1. The van der Waals surface area contributed by atoms with E-state index in [0.717, 1.165) is 11.3 Å². The molecule has 3 heteroatoms. The Morgan fingerprint density at radius 2 is 1.36 bits per heavy atom. The Kier molecular flexibility index (Phi) is 5.96. The highest BCUT2D eigenvalue weighted by Crippen LogP contribution is 2.14. The first-order valence-electron chi connectivity index (χ1n) is 8.36. The van der Waals surface area contributed by atoms with Gasteiger partial charge in [-0.2, -0.15) is 0 Å². The normalized spacial score (nSPS) is 10.4. The van der Waals surface area contributed by atoms with Gasteiger partial charge in [-0.3, -0.25) is 4.79 Å². The van der Waals surface area contributed by atoms with Crippen LogP contribution in [0.25, 0.3) is 0 Å². The van der Waals surface area contributed by atoms with Crippen LogP contribution in [0.3, 0.4) is 0 Å². The van der Waals surface area contributed by atoms with Crippen LogP contribution >= 0.6 is 0 Å². The molecule has 126 valence electrons. The van der Waals surface area contributed by atoms with Crippen LogP contribution in [0.15, 0.2) is 84.9 Å². The molecule has 0 aliphatic rings. The number of carbonyl (C=O) groups is 1. The molecule has 0 fully saturated rings. The molecule has 3 rings (SSSR count). The summed E-state index contributed by atoms with van der Waals surface area (Å²) in [6.07, 6.45) is 0. The standard InChI is InChI=1S/C22H21NO2/c24-22(16-23-15-18-7-3-1-4-8-18)20-11-13-21(14-12-20)25-17-19-9-5-2-6-10-19/h1-14,23H,15-17H2. The highest BCUT2D eigenvalue weighted by Gasteiger charge is 2.06. The Balaban J connectivity index is 1.47. The maximum atomic E-state index is 12.2. The number of hydrogen-bond donors (Lipinski definition) is 1. The van der Waals surface area contributed by atoms with Gasteiger partial charge in [0.05, 0.1) is 6.54 Å². The first kappa shape index (κ1) is 16.9. The predicted octanol–water partition coefficient (Wildman–Crippen LogP) is 4.24. The van der Waals surface area contributed by atoms with Gasteiger partial charge in [-0.1, -0.05) is 60.7 Å². The SMILES string of the molecule is O=C(CNCc1ccccc1)c1ccc(OCc2ccccc2)cc1. The monoisotopic (exact) mass is 331 g/mol. The van der Waals surface area contributed by atoms with Gasteiger partial charge < -0.3 is 10.1 Å². The summed E-state index contributed by atoms with van der Waals surface area (Å²) in [6.45, 7) is 1.52. The number of Topliss-reactive ketones (excluding diaryl/α,β-unsaturated/α-hetero) is 1. The van der Waals surface area contributed by atoms with Crippen molar-refractivity contribution >= 4 is 5.78 Å². The fourth-order valence-electron chi connectivity index (χ4n) is 2.50. The first-order valence-corrected chi connectivity index (χ1v) is 8.36. The molecule has 0 atom stereocenters. The van der Waals surface area contributed by atoms with E-state index in [-0.39, 0.29) is 5.78 Å². The lowest BCUT2D eigenvalue weighted by molar-refractivity contribution is 0.0990. The molecule has 0 bridgehead atoms. The summed E-state index contributed by atoms with van der Waals surface area (Å²) < 4.78 is 5.74. The van der Waals surface area contributed by atoms with Crippen LogP contribution in [0, 0.1) is 0 Å². The second-order valence-corrected chi connectivity index (χ2v) is 5.81. The van der Waals surface area contributed by atoms with Crippen molar-refractivity contribution in [2.75, 3.05) is 6.54 Å². The van der Waals surface area contributed by atoms with Gasteiger partial charge in [-0.05, 0) is 35.4 Å². The molecule has 0 aliphatic carbocycles. The van der Waals surface area contributed by atoms with Crippen molar-refractivity contribution in [3.05, 3.63) is 102 Å². The third-order valence-corrected chi connectivity index (χ3v) is 3.88. The molecule has 0 unspecified atom stereocenters. The molecule has 0 spiro atoms. The maximum absolute atomic E-state index is 12.2. The lowest BCUT2D eigenvalue weighted by Crippen LogP contribution is -2.22. The molecular weight excluding hydrogens is 310 g/mol. The molecule has 0 aromatic heterocycles. The van der Waals surface area contributed by atoms with E-state index in [9.17, 15) is 4.79 Å². The summed E-state index contributed by atoms with van der Waals surface area (Å²) in [6, 6.07) is 27.4. The van der Waals surface area contributed by atoms with E-state index in [1.807, 2.05) is 84.9 Å². The van der Waals surface area contributed by atoms with Crippen LogP contribution < -0.4 is 10.1 Å². The summed E-state index contributed by atoms with van der Waals surface area (Å²) in [5, 5.41) is 3.18. The lowest BCUT2D eigenvalue weighted by atomic mass is 10.1. The van der Waals surface area contributed by atoms with Crippen LogP contribution in [0.1, 0.15) is 21.5 Å². The molecule has 1 N–H and O–H groups in total. The number of nitrogens with one attached hydrogen (secondary N) is 1. The van der Waals surface area contributed by atoms with E-state index in [2.05, 4.69) is 5.32 Å². The third-order valence-electron chi connectivity index (χ3n) is 3.88. The smallest absolute Gasteiger partial charge is 0.176 e. The summed E-state index contributed by atoms with van der Waals surface area (Å²) in [7, 11) is 0. The molecule has 3 aromatic carbocycles. The lowest BCUT2D eigenvalue weighted by Gasteiger charge is -2.08. The number of carbonyl (C=O) groups excluding carboxylic acids is 1. The van der Waals surface area contributed by atoms with E-state index in [1.165, 1.54) is 5.56 Å². The van der Waals surface area contributed by atoms with Gasteiger partial charge in [0.25, 0.3) is 0 Å². The molecule has 0 saturated carbocycles. The van der Waals surface area contributed by atoms with Gasteiger partial charge in [0.15, 0.2) is 5.78 Å². The largest absolute Gasteiger partial charge is 0.489 e. The van der Waals surface area contributed by atoms with Gasteiger partial charge in [-0.25, -0.2) is 0 Å². The van der Waals surface area contributed by atoms with E-state index in [0.29, 0.717) is 25.3 Å². The van der Waals surface area contributed by atoms with E-state index >= 15 is 0 Å². The van der Waals surface area contributed by atoms with Crippen molar-refractivity contribution in [1.29, 1.82) is 0 Å². The first-order chi connectivity index (χ1) is 12.3. The van der Waals surface area contributed by atoms with Gasteiger partial charge in [-0.15, -0.1) is 0 Å². The second-order valence-electron chi connectivity index (χ2n) is 5.81. The Labute approximate surface area is 148 Å². The Bertz CT molecular complexity index is 783. The highest BCUT2D eigenvalue weighted by atomic mass is 16.5. The fraction of sp³-hybridized carbons (Fsp3) is 0.136. The van der Waals surface area contributed by atoms with Crippen molar-refractivity contribution in [3.63, 3.8) is 0 Å². The van der Waals surface area contributed by atoms with E-state index in [4.69, 9.17) is 4.74 Å². The number of ether oxygens (including phenoxy) is 1. The van der Waals surface area contributed by atoms with Crippen LogP contribution in [0.2, 0.25) is 0 Å². The minimum absolute atomic E-state index is 0.0746. The molecule has 0 saturated heterocycles. The molecule has 3 nitrogen and oxygen atoms in total. The number of rotatable bonds is 8. The Morgan fingerprint density at radius 3 is 2.00 bits per heavy atom. The Morgan fingerprint density at radius 1 is 0.760 bits per heavy atom. The van der Waals surface area contributed by atoms with Crippen molar-refractivity contribution in [3.8, 4) is 5.75 Å². The van der Waals surface area contributed by atoms with Crippen molar-refractivity contribution in [1.82, 2.24) is 5.32 Å². The summed E-state index contributed by atoms with van der Waals surface area (Å²) in [5.74, 6) is 0.836. The summed E-state index contributed by atoms with van der Waals surface area (Å²) in [4.78, 5) is 12.2.